The number of aryl methyl sites for hydroxylation is 2. The van der Waals surface area contributed by atoms with Gasteiger partial charge in [0.1, 0.15) is 17.4 Å². The first-order chi connectivity index (χ1) is 16.3. The van der Waals surface area contributed by atoms with Crippen molar-refractivity contribution in [2.75, 3.05) is 13.2 Å². The van der Waals surface area contributed by atoms with E-state index in [4.69, 9.17) is 26.1 Å². The molecule has 1 aliphatic heterocycles. The summed E-state index contributed by atoms with van der Waals surface area (Å²) in [6.07, 6.45) is 2.34. The Labute approximate surface area is 205 Å². The van der Waals surface area contributed by atoms with Gasteiger partial charge in [0.15, 0.2) is 0 Å². The Bertz CT molecular complexity index is 1160. The zero-order chi connectivity index (χ0) is 24.4. The van der Waals surface area contributed by atoms with Crippen LogP contribution in [-0.2, 0) is 9.53 Å². The minimum Gasteiger partial charge on any atom is -0.491 e. The summed E-state index contributed by atoms with van der Waals surface area (Å²) in [5.41, 5.74) is 4.80. The normalized spacial score (nSPS) is 21.6. The van der Waals surface area contributed by atoms with Gasteiger partial charge >= 0.3 is 5.97 Å². The summed E-state index contributed by atoms with van der Waals surface area (Å²) in [7, 11) is 0. The van der Waals surface area contributed by atoms with Gasteiger partial charge in [-0.15, -0.1) is 11.6 Å². The van der Waals surface area contributed by atoms with Crippen molar-refractivity contribution in [3.8, 4) is 17.0 Å². The standard InChI is InChI=1S/C26H33ClN4O3/c1-14(2)26(32)34-17(5)24-20(21(27)9-10-28-24)13-33-22-8-6-7-18-19(11-16(4)30-25(18)22)23-15(3)12-29-31-23/h6-8,11-12,14,17,20-21,24,28H,9-10,13H2,1-5H3,(H,29,31). The van der Waals surface area contributed by atoms with Crippen LogP contribution in [0.4, 0.5) is 0 Å². The summed E-state index contributed by atoms with van der Waals surface area (Å²) < 4.78 is 12.1. The highest BCUT2D eigenvalue weighted by Crippen LogP contribution is 2.34. The SMILES string of the molecule is Cc1cc(-c2[nH]ncc2C)c2cccc(OCC3C(Cl)CCNC3C(C)OC(=O)C(C)C)c2n1. The Morgan fingerprint density at radius 3 is 2.76 bits per heavy atom. The monoisotopic (exact) mass is 484 g/mol. The lowest BCUT2D eigenvalue weighted by Gasteiger charge is -2.39. The van der Waals surface area contributed by atoms with Crippen molar-refractivity contribution in [3.05, 3.63) is 41.7 Å². The molecule has 34 heavy (non-hydrogen) atoms. The van der Waals surface area contributed by atoms with E-state index in [2.05, 4.69) is 21.6 Å². The summed E-state index contributed by atoms with van der Waals surface area (Å²) in [6.45, 7) is 10.8. The summed E-state index contributed by atoms with van der Waals surface area (Å²) in [5, 5.41) is 11.7. The number of para-hydroxylation sites is 1. The van der Waals surface area contributed by atoms with Crippen molar-refractivity contribution in [2.24, 2.45) is 11.8 Å². The topological polar surface area (TPSA) is 89.1 Å². The molecule has 0 radical (unpaired) electrons. The van der Waals surface area contributed by atoms with Gasteiger partial charge in [-0.05, 0) is 51.4 Å². The summed E-state index contributed by atoms with van der Waals surface area (Å²) >= 11 is 6.75. The van der Waals surface area contributed by atoms with Crippen molar-refractivity contribution in [1.29, 1.82) is 0 Å². The maximum Gasteiger partial charge on any atom is 0.308 e. The number of pyridine rings is 1. The highest BCUT2D eigenvalue weighted by molar-refractivity contribution is 6.20. The lowest BCUT2D eigenvalue weighted by molar-refractivity contribution is -0.154. The predicted molar refractivity (Wildman–Crippen MR) is 134 cm³/mol. The molecule has 1 fully saturated rings. The average Bonchev–Trinajstić information content (AvgIpc) is 3.23. The van der Waals surface area contributed by atoms with Crippen LogP contribution in [0.3, 0.4) is 0 Å². The fraction of sp³-hybridized carbons (Fsp3) is 0.500. The molecule has 3 heterocycles. The summed E-state index contributed by atoms with van der Waals surface area (Å²) in [5.74, 6) is 0.297. The molecule has 0 aliphatic carbocycles. The Morgan fingerprint density at radius 1 is 1.26 bits per heavy atom. The second-order valence-electron chi connectivity index (χ2n) is 9.45. The molecule has 8 heteroatoms. The fourth-order valence-electron chi connectivity index (χ4n) is 4.57. The molecule has 0 spiro atoms. The number of carbonyl (C=O) groups excluding carboxylic acids is 1. The van der Waals surface area contributed by atoms with Gasteiger partial charge in [-0.25, -0.2) is 4.98 Å². The van der Waals surface area contributed by atoms with E-state index in [0.717, 1.165) is 46.4 Å². The largest absolute Gasteiger partial charge is 0.491 e. The molecule has 3 aromatic rings. The molecule has 0 amide bonds. The lowest BCUT2D eigenvalue weighted by atomic mass is 9.88. The number of nitrogens with one attached hydrogen (secondary N) is 2. The van der Waals surface area contributed by atoms with Crippen molar-refractivity contribution in [2.45, 2.75) is 58.6 Å². The van der Waals surface area contributed by atoms with Gasteiger partial charge in [-0.2, -0.15) is 5.10 Å². The zero-order valence-corrected chi connectivity index (χ0v) is 21.1. The Kier molecular flexibility index (Phi) is 7.43. The number of carbonyl (C=O) groups is 1. The number of piperidine rings is 1. The lowest BCUT2D eigenvalue weighted by Crippen LogP contribution is -2.55. The second kappa shape index (κ2) is 10.3. The van der Waals surface area contributed by atoms with Gasteiger partial charge < -0.3 is 14.8 Å². The number of ether oxygens (including phenoxy) is 2. The number of aromatic amines is 1. The minimum atomic E-state index is -0.312. The molecule has 7 nitrogen and oxygen atoms in total. The third-order valence-electron chi connectivity index (χ3n) is 6.47. The van der Waals surface area contributed by atoms with E-state index < -0.39 is 0 Å². The van der Waals surface area contributed by atoms with Crippen LogP contribution in [0.5, 0.6) is 5.75 Å². The number of hydrogen-bond acceptors (Lipinski definition) is 6. The molecular formula is C26H33ClN4O3. The van der Waals surface area contributed by atoms with E-state index in [1.54, 1.807) is 0 Å². The molecule has 4 unspecified atom stereocenters. The molecule has 4 atom stereocenters. The van der Waals surface area contributed by atoms with E-state index in [-0.39, 0.29) is 35.3 Å². The number of rotatable bonds is 7. The molecule has 0 saturated carbocycles. The summed E-state index contributed by atoms with van der Waals surface area (Å²) in [4.78, 5) is 17.0. The number of fused-ring (bicyclic) bond motifs is 1. The van der Waals surface area contributed by atoms with Crippen molar-refractivity contribution in [1.82, 2.24) is 20.5 Å². The van der Waals surface area contributed by atoms with Crippen LogP contribution in [0, 0.1) is 25.7 Å². The highest BCUT2D eigenvalue weighted by Gasteiger charge is 2.37. The van der Waals surface area contributed by atoms with Crippen molar-refractivity contribution >= 4 is 28.5 Å². The summed E-state index contributed by atoms with van der Waals surface area (Å²) in [6, 6.07) is 7.94. The quantitative estimate of drug-likeness (QED) is 0.370. The van der Waals surface area contributed by atoms with E-state index >= 15 is 0 Å². The average molecular weight is 485 g/mol. The number of halogens is 1. The van der Waals surface area contributed by atoms with Gasteiger partial charge in [0.2, 0.25) is 0 Å². The molecular weight excluding hydrogens is 452 g/mol. The maximum atomic E-state index is 12.2. The Balaban J connectivity index is 1.60. The predicted octanol–water partition coefficient (Wildman–Crippen LogP) is 4.79. The number of nitrogens with zero attached hydrogens (tertiary/aromatic N) is 2. The van der Waals surface area contributed by atoms with E-state index in [1.807, 2.05) is 59.0 Å². The zero-order valence-electron chi connectivity index (χ0n) is 20.4. The molecule has 1 aliphatic rings. The van der Waals surface area contributed by atoms with Crippen LogP contribution >= 0.6 is 11.6 Å². The molecule has 4 rings (SSSR count). The molecule has 2 N–H and O–H groups in total. The van der Waals surface area contributed by atoms with Crippen LogP contribution < -0.4 is 10.1 Å². The van der Waals surface area contributed by atoms with Crippen LogP contribution in [0.15, 0.2) is 30.5 Å². The van der Waals surface area contributed by atoms with Gasteiger partial charge in [-0.1, -0.05) is 26.0 Å². The maximum absolute atomic E-state index is 12.2. The number of aromatic nitrogens is 3. The van der Waals surface area contributed by atoms with Gasteiger partial charge in [0.25, 0.3) is 0 Å². The molecule has 1 aromatic carbocycles. The molecule has 182 valence electrons. The second-order valence-corrected chi connectivity index (χ2v) is 10.0. The first kappa shape index (κ1) is 24.5. The van der Waals surface area contributed by atoms with E-state index in [9.17, 15) is 4.79 Å². The first-order valence-electron chi connectivity index (χ1n) is 11.9. The Hall–Kier alpha value is -2.64. The fourth-order valence-corrected chi connectivity index (χ4v) is 4.91. The van der Waals surface area contributed by atoms with Gasteiger partial charge in [0.05, 0.1) is 30.5 Å². The van der Waals surface area contributed by atoms with E-state index in [1.165, 1.54) is 0 Å². The first-order valence-corrected chi connectivity index (χ1v) is 12.3. The number of esters is 1. The smallest absolute Gasteiger partial charge is 0.308 e. The third-order valence-corrected chi connectivity index (χ3v) is 7.01. The number of hydrogen-bond donors (Lipinski definition) is 2. The van der Waals surface area contributed by atoms with Crippen LogP contribution in [0.2, 0.25) is 0 Å². The molecule has 2 aromatic heterocycles. The van der Waals surface area contributed by atoms with Gasteiger partial charge in [-0.3, -0.25) is 9.89 Å². The Morgan fingerprint density at radius 2 is 2.06 bits per heavy atom. The van der Waals surface area contributed by atoms with Crippen LogP contribution in [0.25, 0.3) is 22.2 Å². The van der Waals surface area contributed by atoms with Crippen LogP contribution in [-0.4, -0.2) is 51.8 Å². The molecule has 0 bridgehead atoms. The number of H-pyrrole nitrogens is 1. The van der Waals surface area contributed by atoms with Crippen LogP contribution in [0.1, 0.15) is 38.4 Å². The highest BCUT2D eigenvalue weighted by atomic mass is 35.5. The van der Waals surface area contributed by atoms with Crippen molar-refractivity contribution < 1.29 is 14.3 Å². The molecule has 1 saturated heterocycles. The van der Waals surface area contributed by atoms with Gasteiger partial charge in [0, 0.05) is 27.9 Å². The van der Waals surface area contributed by atoms with Crippen molar-refractivity contribution in [3.63, 3.8) is 0 Å². The number of benzene rings is 1. The van der Waals surface area contributed by atoms with E-state index in [0.29, 0.717) is 12.4 Å². The third kappa shape index (κ3) is 5.05. The minimum absolute atomic E-state index is 0.0280. The number of alkyl halides is 1.